The fourth-order valence-electron chi connectivity index (χ4n) is 4.02. The number of carbonyl (C=O) groups excluding carboxylic acids is 1. The van der Waals surface area contributed by atoms with Gasteiger partial charge in [-0.15, -0.1) is 0 Å². The summed E-state index contributed by atoms with van der Waals surface area (Å²) in [7, 11) is 0. The Bertz CT molecular complexity index is 823. The zero-order valence-corrected chi connectivity index (χ0v) is 13.9. The second-order valence-electron chi connectivity index (χ2n) is 7.07. The third-order valence-corrected chi connectivity index (χ3v) is 5.37. The lowest BCUT2D eigenvalue weighted by Crippen LogP contribution is -2.49. The van der Waals surface area contributed by atoms with E-state index in [4.69, 9.17) is 0 Å². The first kappa shape index (κ1) is 16.2. The van der Waals surface area contributed by atoms with Gasteiger partial charge in [-0.25, -0.2) is 8.78 Å². The van der Waals surface area contributed by atoms with Gasteiger partial charge in [0.05, 0.1) is 5.54 Å². The topological polar surface area (TPSA) is 32.3 Å². The number of hydrogen-bond donors (Lipinski definition) is 1. The number of aryl methyl sites for hydroxylation is 1. The quantitative estimate of drug-likeness (QED) is 0.908. The van der Waals surface area contributed by atoms with E-state index in [0.717, 1.165) is 43.0 Å². The Morgan fingerprint density at radius 2 is 1.92 bits per heavy atom. The van der Waals surface area contributed by atoms with Crippen LogP contribution in [0.1, 0.15) is 34.3 Å². The van der Waals surface area contributed by atoms with Gasteiger partial charge in [0, 0.05) is 30.8 Å². The van der Waals surface area contributed by atoms with Gasteiger partial charge in [-0.3, -0.25) is 9.69 Å². The molecule has 0 saturated carbocycles. The maximum atomic E-state index is 13.9. The normalized spacial score (nSPS) is 23.4. The van der Waals surface area contributed by atoms with Crippen molar-refractivity contribution >= 4 is 5.91 Å². The predicted molar refractivity (Wildman–Crippen MR) is 91.2 cm³/mol. The number of likely N-dealkylation sites (tertiary alicyclic amines) is 1. The molecular weight excluding hydrogens is 322 g/mol. The van der Waals surface area contributed by atoms with Crippen molar-refractivity contribution in [1.82, 2.24) is 10.2 Å². The zero-order valence-electron chi connectivity index (χ0n) is 13.9. The molecule has 4 rings (SSSR count). The number of amides is 1. The molecule has 130 valence electrons. The molecule has 1 amide bonds. The molecule has 2 aliphatic heterocycles. The highest BCUT2D eigenvalue weighted by atomic mass is 19.2. The summed E-state index contributed by atoms with van der Waals surface area (Å²) in [5, 5.41) is 3.20. The predicted octanol–water partition coefficient (Wildman–Crippen LogP) is 3.29. The summed E-state index contributed by atoms with van der Waals surface area (Å²) >= 11 is 0. The molecule has 1 spiro atoms. The molecule has 2 aliphatic rings. The Hall–Kier alpha value is -2.27. The summed E-state index contributed by atoms with van der Waals surface area (Å²) in [5.74, 6) is -1.63. The first-order chi connectivity index (χ1) is 12.1. The van der Waals surface area contributed by atoms with Crippen LogP contribution >= 0.6 is 0 Å². The van der Waals surface area contributed by atoms with Gasteiger partial charge in [-0.2, -0.15) is 0 Å². The van der Waals surface area contributed by atoms with Crippen LogP contribution < -0.4 is 5.32 Å². The van der Waals surface area contributed by atoms with Gasteiger partial charge < -0.3 is 5.32 Å². The molecule has 1 fully saturated rings. The second-order valence-corrected chi connectivity index (χ2v) is 7.07. The van der Waals surface area contributed by atoms with Crippen molar-refractivity contribution in [3.8, 4) is 0 Å². The van der Waals surface area contributed by atoms with Gasteiger partial charge in [0.15, 0.2) is 11.6 Å². The van der Waals surface area contributed by atoms with Crippen LogP contribution in [0.15, 0.2) is 42.5 Å². The third kappa shape index (κ3) is 3.04. The van der Waals surface area contributed by atoms with E-state index in [1.807, 2.05) is 24.3 Å². The van der Waals surface area contributed by atoms with Crippen LogP contribution in [0.25, 0.3) is 0 Å². The van der Waals surface area contributed by atoms with Gasteiger partial charge in [-0.05, 0) is 37.0 Å². The molecule has 2 aromatic rings. The minimum absolute atomic E-state index is 0.0353. The fourth-order valence-corrected chi connectivity index (χ4v) is 4.02. The van der Waals surface area contributed by atoms with Crippen LogP contribution in [0, 0.1) is 11.6 Å². The van der Waals surface area contributed by atoms with Gasteiger partial charge in [0.25, 0.3) is 5.91 Å². The van der Waals surface area contributed by atoms with Crippen molar-refractivity contribution in [2.45, 2.75) is 31.3 Å². The fraction of sp³-hybridized carbons (Fsp3) is 0.350. The summed E-state index contributed by atoms with van der Waals surface area (Å²) in [6.45, 7) is 1.77. The van der Waals surface area contributed by atoms with Crippen molar-refractivity contribution < 1.29 is 13.6 Å². The molecule has 0 aliphatic carbocycles. The number of carbonyl (C=O) groups is 1. The van der Waals surface area contributed by atoms with Crippen molar-refractivity contribution in [1.29, 1.82) is 0 Å². The molecule has 25 heavy (non-hydrogen) atoms. The molecule has 2 heterocycles. The monoisotopic (exact) mass is 342 g/mol. The van der Waals surface area contributed by atoms with E-state index in [0.29, 0.717) is 18.7 Å². The van der Waals surface area contributed by atoms with Crippen LogP contribution in [0.4, 0.5) is 8.78 Å². The summed E-state index contributed by atoms with van der Waals surface area (Å²) in [6.07, 6.45) is 2.53. The van der Waals surface area contributed by atoms with E-state index in [1.165, 1.54) is 6.07 Å². The maximum absolute atomic E-state index is 13.9. The third-order valence-electron chi connectivity index (χ3n) is 5.37. The second kappa shape index (κ2) is 6.23. The summed E-state index contributed by atoms with van der Waals surface area (Å²) in [5.41, 5.74) is 1.89. The van der Waals surface area contributed by atoms with Crippen LogP contribution in [-0.2, 0) is 13.0 Å². The lowest BCUT2D eigenvalue weighted by atomic mass is 9.91. The minimum Gasteiger partial charge on any atom is -0.345 e. The Labute approximate surface area is 145 Å². The van der Waals surface area contributed by atoms with Crippen LogP contribution in [0.5, 0.6) is 0 Å². The summed E-state index contributed by atoms with van der Waals surface area (Å²) < 4.78 is 27.3. The lowest BCUT2D eigenvalue weighted by molar-refractivity contribution is 0.0902. The standard InChI is InChI=1S/C20H20F2N2O/c21-17-7-3-5-15(18(17)22)12-24-11-10-20(13-24)9-8-14-4-1-2-6-16(14)19(25)23-20/h1-7H,8-13H2,(H,23,25)/t20-/m1/s1. The first-order valence-electron chi connectivity index (χ1n) is 8.62. The van der Waals surface area contributed by atoms with Crippen molar-refractivity contribution in [3.63, 3.8) is 0 Å². The van der Waals surface area contributed by atoms with E-state index in [2.05, 4.69) is 10.2 Å². The minimum atomic E-state index is -0.815. The van der Waals surface area contributed by atoms with E-state index in [9.17, 15) is 13.6 Å². The van der Waals surface area contributed by atoms with Crippen LogP contribution in [0.2, 0.25) is 0 Å². The highest BCUT2D eigenvalue weighted by molar-refractivity contribution is 5.96. The smallest absolute Gasteiger partial charge is 0.252 e. The molecule has 1 atom stereocenters. The molecule has 0 radical (unpaired) electrons. The summed E-state index contributed by atoms with van der Waals surface area (Å²) in [6, 6.07) is 12.0. The average molecular weight is 342 g/mol. The molecular formula is C20H20F2N2O. The number of nitrogens with zero attached hydrogens (tertiary/aromatic N) is 1. The molecule has 3 nitrogen and oxygen atoms in total. The van der Waals surface area contributed by atoms with Crippen molar-refractivity contribution in [2.75, 3.05) is 13.1 Å². The number of benzene rings is 2. The summed E-state index contributed by atoms with van der Waals surface area (Å²) in [4.78, 5) is 14.7. The maximum Gasteiger partial charge on any atom is 0.252 e. The van der Waals surface area contributed by atoms with Gasteiger partial charge in [0.1, 0.15) is 0 Å². The average Bonchev–Trinajstić information content (AvgIpc) is 2.93. The molecule has 1 saturated heterocycles. The Balaban J connectivity index is 1.50. The Morgan fingerprint density at radius 1 is 1.08 bits per heavy atom. The number of hydrogen-bond acceptors (Lipinski definition) is 2. The Morgan fingerprint density at radius 3 is 2.80 bits per heavy atom. The largest absolute Gasteiger partial charge is 0.345 e. The highest BCUT2D eigenvalue weighted by Crippen LogP contribution is 2.31. The first-order valence-corrected chi connectivity index (χ1v) is 8.62. The van der Waals surface area contributed by atoms with Gasteiger partial charge in [-0.1, -0.05) is 30.3 Å². The number of nitrogens with one attached hydrogen (secondary N) is 1. The molecule has 0 aromatic heterocycles. The zero-order chi connectivity index (χ0) is 17.4. The molecule has 2 aromatic carbocycles. The van der Waals surface area contributed by atoms with E-state index < -0.39 is 11.6 Å². The molecule has 5 heteroatoms. The number of fused-ring (bicyclic) bond motifs is 1. The van der Waals surface area contributed by atoms with Crippen molar-refractivity contribution in [3.05, 3.63) is 70.8 Å². The van der Waals surface area contributed by atoms with Crippen molar-refractivity contribution in [2.24, 2.45) is 0 Å². The Kier molecular flexibility index (Phi) is 4.04. The van der Waals surface area contributed by atoms with Gasteiger partial charge in [0.2, 0.25) is 0 Å². The van der Waals surface area contributed by atoms with Gasteiger partial charge >= 0.3 is 0 Å². The highest BCUT2D eigenvalue weighted by Gasteiger charge is 2.41. The number of halogens is 2. The van der Waals surface area contributed by atoms with E-state index in [-0.39, 0.29) is 11.4 Å². The van der Waals surface area contributed by atoms with Crippen LogP contribution in [-0.4, -0.2) is 29.4 Å². The molecule has 1 N–H and O–H groups in total. The van der Waals surface area contributed by atoms with E-state index in [1.54, 1.807) is 6.07 Å². The van der Waals surface area contributed by atoms with Crippen LogP contribution in [0.3, 0.4) is 0 Å². The SMILES string of the molecule is O=C1N[C@]2(CCc3ccccc31)CCN(Cc1cccc(F)c1F)C2. The van der Waals surface area contributed by atoms with E-state index >= 15 is 0 Å². The lowest BCUT2D eigenvalue weighted by Gasteiger charge is -2.29. The molecule has 0 unspecified atom stereocenters. The molecule has 0 bridgehead atoms. The number of rotatable bonds is 2.